The second-order valence-electron chi connectivity index (χ2n) is 3.45. The van der Waals surface area contributed by atoms with E-state index in [1.165, 1.54) is 6.92 Å². The monoisotopic (exact) mass is 203 g/mol. The van der Waals surface area contributed by atoms with Crippen LogP contribution < -0.4 is 0 Å². The van der Waals surface area contributed by atoms with E-state index in [9.17, 15) is 14.9 Å². The second-order valence-corrected chi connectivity index (χ2v) is 3.45. The molecule has 6 nitrogen and oxygen atoms in total. The molecule has 0 aromatic rings. The van der Waals surface area contributed by atoms with Crippen LogP contribution in [-0.4, -0.2) is 35.7 Å². The number of ether oxygens (including phenoxy) is 2. The molecular weight excluding hydrogens is 190 g/mol. The van der Waals surface area contributed by atoms with E-state index in [1.807, 2.05) is 0 Å². The van der Waals surface area contributed by atoms with E-state index in [4.69, 9.17) is 9.47 Å². The average Bonchev–Trinajstić information content (AvgIpc) is 2.48. The highest BCUT2D eigenvalue weighted by Crippen LogP contribution is 2.25. The molecule has 14 heavy (non-hydrogen) atoms. The van der Waals surface area contributed by atoms with Crippen molar-refractivity contribution in [3.63, 3.8) is 0 Å². The van der Waals surface area contributed by atoms with E-state index in [0.717, 1.165) is 0 Å². The summed E-state index contributed by atoms with van der Waals surface area (Å²) in [4.78, 5) is 20.9. The molecule has 0 aromatic carbocycles. The molecule has 0 aliphatic carbocycles. The first-order valence-electron chi connectivity index (χ1n) is 4.36. The molecule has 1 aliphatic heterocycles. The van der Waals surface area contributed by atoms with Gasteiger partial charge in [-0.25, -0.2) is 0 Å². The molecule has 1 atom stereocenters. The second kappa shape index (κ2) is 4.02. The Kier molecular flexibility index (Phi) is 3.17. The van der Waals surface area contributed by atoms with Crippen molar-refractivity contribution in [2.45, 2.75) is 32.1 Å². The average molecular weight is 203 g/mol. The van der Waals surface area contributed by atoms with E-state index in [1.54, 1.807) is 6.92 Å². The number of nitrogens with zero attached hydrogens (tertiary/aromatic N) is 1. The summed E-state index contributed by atoms with van der Waals surface area (Å²) in [7, 11) is 0. The third-order valence-electron chi connectivity index (χ3n) is 2.19. The zero-order valence-corrected chi connectivity index (χ0v) is 8.19. The Morgan fingerprint density at radius 1 is 1.57 bits per heavy atom. The van der Waals surface area contributed by atoms with E-state index in [0.29, 0.717) is 13.2 Å². The standard InChI is InChI=1S/C8H13NO5/c1-6(10)7(9(11)12)5-8(2)13-3-4-14-8/h7H,3-5H2,1-2H3. The molecule has 1 rings (SSSR count). The van der Waals surface area contributed by atoms with Gasteiger partial charge in [0.25, 0.3) is 6.04 Å². The summed E-state index contributed by atoms with van der Waals surface area (Å²) in [5.41, 5.74) is 0. The number of carbonyl (C=O) groups excluding carboxylic acids is 1. The zero-order valence-electron chi connectivity index (χ0n) is 8.19. The molecule has 1 fully saturated rings. The first-order chi connectivity index (χ1) is 6.44. The third-order valence-corrected chi connectivity index (χ3v) is 2.19. The van der Waals surface area contributed by atoms with E-state index in [-0.39, 0.29) is 6.42 Å². The Labute approximate surface area is 81.3 Å². The number of ketones is 1. The fraction of sp³-hybridized carbons (Fsp3) is 0.875. The largest absolute Gasteiger partial charge is 0.348 e. The molecule has 0 spiro atoms. The molecule has 80 valence electrons. The van der Waals surface area contributed by atoms with Crippen LogP contribution >= 0.6 is 0 Å². The summed E-state index contributed by atoms with van der Waals surface area (Å²) in [5, 5.41) is 10.5. The van der Waals surface area contributed by atoms with E-state index in [2.05, 4.69) is 0 Å². The number of Topliss-reactive ketones (excluding diaryl/α,β-unsaturated/α-hetero) is 1. The minimum Gasteiger partial charge on any atom is -0.348 e. The predicted molar refractivity (Wildman–Crippen MR) is 46.4 cm³/mol. The van der Waals surface area contributed by atoms with Crippen molar-refractivity contribution < 1.29 is 19.2 Å². The van der Waals surface area contributed by atoms with Crippen LogP contribution in [0.4, 0.5) is 0 Å². The van der Waals surface area contributed by atoms with Gasteiger partial charge >= 0.3 is 0 Å². The predicted octanol–water partition coefficient (Wildman–Crippen LogP) is 0.374. The van der Waals surface area contributed by atoms with Gasteiger partial charge in [0.05, 0.1) is 19.6 Å². The van der Waals surface area contributed by atoms with Crippen LogP contribution in [0.3, 0.4) is 0 Å². The van der Waals surface area contributed by atoms with Crippen LogP contribution in [0, 0.1) is 10.1 Å². The normalized spacial score (nSPS) is 21.9. The maximum absolute atomic E-state index is 11.0. The maximum Gasteiger partial charge on any atom is 0.275 e. The van der Waals surface area contributed by atoms with Crippen LogP contribution in [0.2, 0.25) is 0 Å². The lowest BCUT2D eigenvalue weighted by Gasteiger charge is -2.22. The van der Waals surface area contributed by atoms with Gasteiger partial charge in [-0.2, -0.15) is 0 Å². The lowest BCUT2D eigenvalue weighted by molar-refractivity contribution is -0.513. The smallest absolute Gasteiger partial charge is 0.275 e. The van der Waals surface area contributed by atoms with E-state index < -0.39 is 22.5 Å². The topological polar surface area (TPSA) is 78.7 Å². The number of hydrogen-bond donors (Lipinski definition) is 0. The van der Waals surface area contributed by atoms with Crippen LogP contribution in [0.25, 0.3) is 0 Å². The van der Waals surface area contributed by atoms with Gasteiger partial charge in [-0.05, 0) is 6.92 Å². The number of rotatable bonds is 4. The minimum atomic E-state index is -1.24. The summed E-state index contributed by atoms with van der Waals surface area (Å²) < 4.78 is 10.4. The molecule has 1 saturated heterocycles. The summed E-state index contributed by atoms with van der Waals surface area (Å²) in [5.74, 6) is -1.46. The summed E-state index contributed by atoms with van der Waals surface area (Å²) in [6, 6.07) is -1.24. The van der Waals surface area contributed by atoms with Gasteiger partial charge in [0.15, 0.2) is 5.79 Å². The highest BCUT2D eigenvalue weighted by atomic mass is 16.7. The fourth-order valence-electron chi connectivity index (χ4n) is 1.39. The van der Waals surface area contributed by atoms with Crippen molar-refractivity contribution in [2.24, 2.45) is 0 Å². The van der Waals surface area contributed by atoms with Gasteiger partial charge < -0.3 is 9.47 Å². The summed E-state index contributed by atoms with van der Waals surface area (Å²) in [6.45, 7) is 3.64. The first kappa shape index (κ1) is 11.1. The Bertz CT molecular complexity index is 232. The van der Waals surface area contributed by atoms with Crippen LogP contribution in [0.1, 0.15) is 20.3 Å². The molecular formula is C8H13NO5. The van der Waals surface area contributed by atoms with Crippen molar-refractivity contribution in [1.82, 2.24) is 0 Å². The molecule has 0 radical (unpaired) electrons. The first-order valence-corrected chi connectivity index (χ1v) is 4.36. The highest BCUT2D eigenvalue weighted by Gasteiger charge is 2.40. The lowest BCUT2D eigenvalue weighted by atomic mass is 10.1. The van der Waals surface area contributed by atoms with Crippen molar-refractivity contribution >= 4 is 5.78 Å². The van der Waals surface area contributed by atoms with Gasteiger partial charge in [-0.1, -0.05) is 0 Å². The molecule has 1 aliphatic rings. The molecule has 1 heterocycles. The lowest BCUT2D eigenvalue weighted by Crippen LogP contribution is -2.38. The molecule has 0 amide bonds. The van der Waals surface area contributed by atoms with Gasteiger partial charge in [-0.3, -0.25) is 14.9 Å². The van der Waals surface area contributed by atoms with Crippen LogP contribution in [-0.2, 0) is 14.3 Å². The number of carbonyl (C=O) groups is 1. The van der Waals surface area contributed by atoms with E-state index >= 15 is 0 Å². The van der Waals surface area contributed by atoms with Crippen molar-refractivity contribution in [1.29, 1.82) is 0 Å². The van der Waals surface area contributed by atoms with Crippen LogP contribution in [0.15, 0.2) is 0 Å². The Morgan fingerprint density at radius 3 is 2.43 bits per heavy atom. The molecule has 6 heteroatoms. The van der Waals surface area contributed by atoms with Gasteiger partial charge in [-0.15, -0.1) is 0 Å². The van der Waals surface area contributed by atoms with Crippen molar-refractivity contribution in [3.05, 3.63) is 10.1 Å². The van der Waals surface area contributed by atoms with Crippen molar-refractivity contribution in [2.75, 3.05) is 13.2 Å². The minimum absolute atomic E-state index is 0.0324. The molecule has 0 aromatic heterocycles. The Balaban J connectivity index is 2.63. The molecule has 0 bridgehead atoms. The molecule has 0 saturated carbocycles. The SMILES string of the molecule is CC(=O)C(CC1(C)OCCO1)[N+](=O)[O-]. The van der Waals surface area contributed by atoms with Gasteiger partial charge in [0.2, 0.25) is 5.78 Å². The van der Waals surface area contributed by atoms with Gasteiger partial charge in [0.1, 0.15) is 0 Å². The highest BCUT2D eigenvalue weighted by molar-refractivity contribution is 5.80. The Hall–Kier alpha value is -1.01. The number of hydrogen-bond acceptors (Lipinski definition) is 5. The Morgan fingerprint density at radius 2 is 2.07 bits per heavy atom. The summed E-state index contributed by atoms with van der Waals surface area (Å²) in [6.07, 6.45) is -0.0324. The quantitative estimate of drug-likeness (QED) is 0.487. The summed E-state index contributed by atoms with van der Waals surface area (Å²) >= 11 is 0. The van der Waals surface area contributed by atoms with Gasteiger partial charge in [0, 0.05) is 11.8 Å². The fourth-order valence-corrected chi connectivity index (χ4v) is 1.39. The zero-order chi connectivity index (χ0) is 10.8. The van der Waals surface area contributed by atoms with Crippen molar-refractivity contribution in [3.8, 4) is 0 Å². The number of nitro groups is 1. The molecule has 1 unspecified atom stereocenters. The third kappa shape index (κ3) is 2.49. The van der Waals surface area contributed by atoms with Crippen LogP contribution in [0.5, 0.6) is 0 Å². The molecule has 0 N–H and O–H groups in total. The maximum atomic E-state index is 11.0.